The number of hydrogen-bond acceptors (Lipinski definition) is 3. The van der Waals surface area contributed by atoms with E-state index in [-0.39, 0.29) is 18.4 Å². The van der Waals surface area contributed by atoms with Crippen LogP contribution in [0.3, 0.4) is 0 Å². The average Bonchev–Trinajstić information content (AvgIpc) is 2.62. The summed E-state index contributed by atoms with van der Waals surface area (Å²) >= 11 is 2.12. The van der Waals surface area contributed by atoms with Crippen molar-refractivity contribution in [3.8, 4) is 0 Å². The van der Waals surface area contributed by atoms with Crippen LogP contribution in [-0.2, 0) is 27.2 Å². The first-order valence-corrected chi connectivity index (χ1v) is 9.62. The quantitative estimate of drug-likeness (QED) is 0.487. The highest BCUT2D eigenvalue weighted by atomic mass is 127. The van der Waals surface area contributed by atoms with Gasteiger partial charge in [0.25, 0.3) is 0 Å². The van der Waals surface area contributed by atoms with Gasteiger partial charge in [-0.3, -0.25) is 9.59 Å². The molecule has 0 heterocycles. The number of carbonyl (C=O) groups excluding carboxylic acids is 2. The topological polar surface area (TPSA) is 95.5 Å². The molecule has 8 heteroatoms. The summed E-state index contributed by atoms with van der Waals surface area (Å²) in [4.78, 5) is 35.8. The maximum absolute atomic E-state index is 13.9. The summed E-state index contributed by atoms with van der Waals surface area (Å²) in [5.41, 5.74) is 1.01. The standard InChI is InChI=1S/C20H20FIN2O4/c1-12(25)23-17(11-14-6-2-3-8-16(14)21)19(26)24-18(20(27)28)10-13-5-4-7-15(22)9-13/h2-9,17-18H,10-11H2,1H3,(H,23,25)(H,24,26)(H,27,28)/t17-,18-/m1/s1. The summed E-state index contributed by atoms with van der Waals surface area (Å²) in [5.74, 6) is -2.85. The van der Waals surface area contributed by atoms with Crippen LogP contribution < -0.4 is 10.6 Å². The number of nitrogens with one attached hydrogen (secondary N) is 2. The molecule has 0 saturated carbocycles. The molecule has 6 nitrogen and oxygen atoms in total. The number of halogens is 2. The van der Waals surface area contributed by atoms with Gasteiger partial charge in [0, 0.05) is 23.3 Å². The van der Waals surface area contributed by atoms with E-state index >= 15 is 0 Å². The Bertz CT molecular complexity index is 875. The van der Waals surface area contributed by atoms with Crippen molar-refractivity contribution in [3.05, 3.63) is 69.0 Å². The lowest BCUT2D eigenvalue weighted by Crippen LogP contribution is -2.52. The fourth-order valence-corrected chi connectivity index (χ4v) is 3.32. The van der Waals surface area contributed by atoms with Crippen molar-refractivity contribution < 1.29 is 23.9 Å². The third-order valence-electron chi connectivity index (χ3n) is 4.02. The van der Waals surface area contributed by atoms with Gasteiger partial charge in [0.05, 0.1) is 0 Å². The summed E-state index contributed by atoms with van der Waals surface area (Å²) in [6, 6.07) is 10.9. The molecule has 148 valence electrons. The van der Waals surface area contributed by atoms with Crippen LogP contribution in [0.15, 0.2) is 48.5 Å². The predicted molar refractivity (Wildman–Crippen MR) is 110 cm³/mol. The molecule has 2 aromatic carbocycles. The van der Waals surface area contributed by atoms with E-state index in [0.29, 0.717) is 0 Å². The van der Waals surface area contributed by atoms with E-state index in [1.54, 1.807) is 18.2 Å². The predicted octanol–water partition coefficient (Wildman–Crippen LogP) is 2.29. The first kappa shape index (κ1) is 21.8. The molecule has 0 saturated heterocycles. The highest BCUT2D eigenvalue weighted by molar-refractivity contribution is 14.1. The van der Waals surface area contributed by atoms with E-state index in [1.807, 2.05) is 12.1 Å². The van der Waals surface area contributed by atoms with Crippen LogP contribution in [0.5, 0.6) is 0 Å². The lowest BCUT2D eigenvalue weighted by molar-refractivity contribution is -0.142. The van der Waals surface area contributed by atoms with Crippen molar-refractivity contribution in [2.75, 3.05) is 0 Å². The van der Waals surface area contributed by atoms with Crippen molar-refractivity contribution in [2.45, 2.75) is 31.8 Å². The van der Waals surface area contributed by atoms with Gasteiger partial charge < -0.3 is 15.7 Å². The number of carboxylic acid groups (broad SMARTS) is 1. The molecule has 0 aliphatic carbocycles. The molecule has 2 aromatic rings. The lowest BCUT2D eigenvalue weighted by Gasteiger charge is -2.21. The summed E-state index contributed by atoms with van der Waals surface area (Å²) in [5, 5.41) is 14.4. The molecule has 28 heavy (non-hydrogen) atoms. The van der Waals surface area contributed by atoms with E-state index in [0.717, 1.165) is 9.13 Å². The van der Waals surface area contributed by atoms with Gasteiger partial charge in [-0.1, -0.05) is 30.3 Å². The third-order valence-corrected chi connectivity index (χ3v) is 4.69. The second kappa shape index (κ2) is 10.2. The SMILES string of the molecule is CC(=O)N[C@H](Cc1ccccc1F)C(=O)N[C@H](Cc1cccc(I)c1)C(=O)O. The third kappa shape index (κ3) is 6.59. The average molecular weight is 498 g/mol. The fourth-order valence-electron chi connectivity index (χ4n) is 2.71. The molecule has 0 spiro atoms. The molecule has 2 atom stereocenters. The number of aliphatic carboxylic acids is 1. The minimum absolute atomic E-state index is 0.0877. The molecule has 0 aliphatic rings. The van der Waals surface area contributed by atoms with Gasteiger partial charge in [0.1, 0.15) is 17.9 Å². The van der Waals surface area contributed by atoms with Crippen LogP contribution in [0.4, 0.5) is 4.39 Å². The van der Waals surface area contributed by atoms with Gasteiger partial charge in [0.15, 0.2) is 0 Å². The van der Waals surface area contributed by atoms with Crippen molar-refractivity contribution in [1.82, 2.24) is 10.6 Å². The van der Waals surface area contributed by atoms with Gasteiger partial charge in [-0.25, -0.2) is 9.18 Å². The van der Waals surface area contributed by atoms with Gasteiger partial charge in [-0.15, -0.1) is 0 Å². The number of rotatable bonds is 8. The number of benzene rings is 2. The monoisotopic (exact) mass is 498 g/mol. The zero-order valence-corrected chi connectivity index (χ0v) is 17.3. The van der Waals surface area contributed by atoms with Crippen molar-refractivity contribution in [3.63, 3.8) is 0 Å². The molecule has 2 amide bonds. The number of carboxylic acids is 1. The largest absolute Gasteiger partial charge is 0.480 e. The minimum Gasteiger partial charge on any atom is -0.480 e. The van der Waals surface area contributed by atoms with E-state index in [4.69, 9.17) is 0 Å². The van der Waals surface area contributed by atoms with Crippen LogP contribution in [0.2, 0.25) is 0 Å². The van der Waals surface area contributed by atoms with E-state index < -0.39 is 35.7 Å². The van der Waals surface area contributed by atoms with Crippen LogP contribution >= 0.6 is 22.6 Å². The van der Waals surface area contributed by atoms with E-state index in [9.17, 15) is 23.9 Å². The van der Waals surface area contributed by atoms with Crippen molar-refractivity contribution in [2.24, 2.45) is 0 Å². The zero-order valence-electron chi connectivity index (χ0n) is 15.1. The van der Waals surface area contributed by atoms with Crippen LogP contribution in [0.1, 0.15) is 18.1 Å². The maximum Gasteiger partial charge on any atom is 0.326 e. The Hall–Kier alpha value is -2.49. The summed E-state index contributed by atoms with van der Waals surface area (Å²) in [7, 11) is 0. The molecule has 0 radical (unpaired) electrons. The molecule has 2 rings (SSSR count). The second-order valence-corrected chi connectivity index (χ2v) is 7.53. The molecule has 0 fully saturated rings. The smallest absolute Gasteiger partial charge is 0.326 e. The van der Waals surface area contributed by atoms with Crippen LogP contribution in [-0.4, -0.2) is 35.0 Å². The van der Waals surface area contributed by atoms with Crippen molar-refractivity contribution >= 4 is 40.4 Å². The van der Waals surface area contributed by atoms with Gasteiger partial charge in [0.2, 0.25) is 11.8 Å². The first-order valence-electron chi connectivity index (χ1n) is 8.54. The molecule has 0 aliphatic heterocycles. The second-order valence-electron chi connectivity index (χ2n) is 6.28. The highest BCUT2D eigenvalue weighted by Gasteiger charge is 2.27. The molecule has 0 unspecified atom stereocenters. The molecular formula is C20H20FIN2O4. The Morgan fingerprint density at radius 2 is 1.75 bits per heavy atom. The highest BCUT2D eigenvalue weighted by Crippen LogP contribution is 2.12. The van der Waals surface area contributed by atoms with E-state index in [2.05, 4.69) is 33.2 Å². The summed E-state index contributed by atoms with van der Waals surface area (Å²) < 4.78 is 14.9. The minimum atomic E-state index is -1.19. The van der Waals surface area contributed by atoms with E-state index in [1.165, 1.54) is 25.1 Å². The van der Waals surface area contributed by atoms with Crippen LogP contribution in [0, 0.1) is 9.39 Å². The van der Waals surface area contributed by atoms with Gasteiger partial charge in [-0.05, 0) is 51.9 Å². The maximum atomic E-state index is 13.9. The van der Waals surface area contributed by atoms with Gasteiger partial charge >= 0.3 is 5.97 Å². The normalized spacial score (nSPS) is 12.7. The molecule has 0 aromatic heterocycles. The Labute approximate surface area is 175 Å². The Morgan fingerprint density at radius 1 is 1.04 bits per heavy atom. The number of hydrogen-bond donors (Lipinski definition) is 3. The van der Waals surface area contributed by atoms with Crippen LogP contribution in [0.25, 0.3) is 0 Å². The van der Waals surface area contributed by atoms with Gasteiger partial charge in [-0.2, -0.15) is 0 Å². The Kier molecular flexibility index (Phi) is 7.91. The molecule has 3 N–H and O–H groups in total. The lowest BCUT2D eigenvalue weighted by atomic mass is 10.0. The number of carbonyl (C=O) groups is 3. The summed E-state index contributed by atoms with van der Waals surface area (Å²) in [6.07, 6.45) is -0.00192. The number of amides is 2. The zero-order chi connectivity index (χ0) is 20.7. The molecular weight excluding hydrogens is 478 g/mol. The Balaban J connectivity index is 2.15. The van der Waals surface area contributed by atoms with Crippen molar-refractivity contribution in [1.29, 1.82) is 0 Å². The summed E-state index contributed by atoms with van der Waals surface area (Å²) in [6.45, 7) is 1.24. The fraction of sp³-hybridized carbons (Fsp3) is 0.250. The first-order chi connectivity index (χ1) is 13.3. The molecule has 0 bridgehead atoms. The Morgan fingerprint density at radius 3 is 2.36 bits per heavy atom.